The molecule has 0 saturated heterocycles. The van der Waals surface area contributed by atoms with Gasteiger partial charge < -0.3 is 4.90 Å². The summed E-state index contributed by atoms with van der Waals surface area (Å²) in [5.74, 6) is 0.575. The quantitative estimate of drug-likeness (QED) is 0.698. The zero-order valence-corrected chi connectivity index (χ0v) is 13.9. The van der Waals surface area contributed by atoms with Crippen molar-refractivity contribution in [1.82, 2.24) is 0 Å². The molecule has 0 fully saturated rings. The molecule has 1 atom stereocenters. The largest absolute Gasteiger partial charge is 0.369 e. The summed E-state index contributed by atoms with van der Waals surface area (Å²) in [5.41, 5.74) is 5.15. The van der Waals surface area contributed by atoms with Crippen molar-refractivity contribution in [3.63, 3.8) is 0 Å². The van der Waals surface area contributed by atoms with Gasteiger partial charge in [0.2, 0.25) is 0 Å². The van der Waals surface area contributed by atoms with E-state index in [1.165, 1.54) is 23.2 Å². The van der Waals surface area contributed by atoms with E-state index in [-0.39, 0.29) is 5.54 Å². The van der Waals surface area contributed by atoms with Crippen LogP contribution in [0.5, 0.6) is 0 Å². The molecule has 2 heteroatoms. The van der Waals surface area contributed by atoms with E-state index >= 15 is 0 Å². The number of hydrogen-bond acceptors (Lipinski definition) is 2. The van der Waals surface area contributed by atoms with Crippen LogP contribution in [0.2, 0.25) is 0 Å². The Balaban J connectivity index is 1.92. The Bertz CT molecular complexity index is 686. The average Bonchev–Trinajstić information content (AvgIpc) is 2.51. The van der Waals surface area contributed by atoms with Crippen LogP contribution in [0.3, 0.4) is 0 Å². The number of benzene rings is 2. The zero-order chi connectivity index (χ0) is 15.7. The van der Waals surface area contributed by atoms with E-state index in [1.807, 2.05) is 36.5 Å². The maximum Gasteiger partial charge on any atom is 0.0629 e. The van der Waals surface area contributed by atoms with Crippen LogP contribution in [0.25, 0.3) is 0 Å². The number of fused-ring (bicyclic) bond motifs is 1. The van der Waals surface area contributed by atoms with Gasteiger partial charge in [-0.25, -0.2) is 0 Å². The molecule has 0 unspecified atom stereocenters. The fourth-order valence-electron chi connectivity index (χ4n) is 3.34. The first-order valence-corrected chi connectivity index (χ1v) is 7.94. The standard InChI is InChI=1S/C20H24N2/c1-15-13-20(2,3)22(4)19-11-10-16(12-18(15)19)14-21-17-8-6-5-7-9-17/h5-12,14-15H,13H2,1-4H3/t15-/m0/s1. The number of anilines is 1. The van der Waals surface area contributed by atoms with E-state index in [2.05, 4.69) is 55.9 Å². The summed E-state index contributed by atoms with van der Waals surface area (Å²) >= 11 is 0. The lowest BCUT2D eigenvalue weighted by atomic mass is 9.80. The molecule has 0 aliphatic carbocycles. The van der Waals surface area contributed by atoms with Gasteiger partial charge in [-0.05, 0) is 61.6 Å². The lowest BCUT2D eigenvalue weighted by Crippen LogP contribution is -2.45. The molecule has 0 amide bonds. The van der Waals surface area contributed by atoms with Crippen LogP contribution in [0.15, 0.2) is 53.5 Å². The molecule has 3 rings (SSSR count). The molecule has 0 aromatic heterocycles. The Morgan fingerprint density at radius 2 is 1.86 bits per heavy atom. The minimum Gasteiger partial charge on any atom is -0.369 e. The molecular formula is C20H24N2. The van der Waals surface area contributed by atoms with Gasteiger partial charge in [-0.3, -0.25) is 4.99 Å². The highest BCUT2D eigenvalue weighted by Gasteiger charge is 2.33. The van der Waals surface area contributed by atoms with Crippen molar-refractivity contribution in [3.05, 3.63) is 59.7 Å². The van der Waals surface area contributed by atoms with Gasteiger partial charge in [-0.15, -0.1) is 0 Å². The molecule has 0 N–H and O–H groups in total. The smallest absolute Gasteiger partial charge is 0.0629 e. The summed E-state index contributed by atoms with van der Waals surface area (Å²) in [6, 6.07) is 16.8. The van der Waals surface area contributed by atoms with Gasteiger partial charge in [0, 0.05) is 24.5 Å². The van der Waals surface area contributed by atoms with Gasteiger partial charge in [0.15, 0.2) is 0 Å². The second-order valence-corrected chi connectivity index (χ2v) is 6.89. The van der Waals surface area contributed by atoms with Crippen molar-refractivity contribution in [1.29, 1.82) is 0 Å². The van der Waals surface area contributed by atoms with Crippen molar-refractivity contribution in [2.24, 2.45) is 4.99 Å². The van der Waals surface area contributed by atoms with Crippen LogP contribution in [0.1, 0.15) is 44.2 Å². The van der Waals surface area contributed by atoms with Crippen molar-refractivity contribution in [3.8, 4) is 0 Å². The van der Waals surface area contributed by atoms with E-state index < -0.39 is 0 Å². The number of hydrogen-bond donors (Lipinski definition) is 0. The Labute approximate surface area is 133 Å². The fourth-order valence-corrected chi connectivity index (χ4v) is 3.34. The highest BCUT2D eigenvalue weighted by Crippen LogP contribution is 2.42. The third-order valence-corrected chi connectivity index (χ3v) is 4.78. The summed E-state index contributed by atoms with van der Waals surface area (Å²) in [6.07, 6.45) is 3.14. The van der Waals surface area contributed by atoms with Crippen LogP contribution < -0.4 is 4.90 Å². The van der Waals surface area contributed by atoms with E-state index in [0.29, 0.717) is 5.92 Å². The summed E-state index contributed by atoms with van der Waals surface area (Å²) in [7, 11) is 2.20. The molecule has 0 spiro atoms. The molecule has 2 aromatic carbocycles. The Kier molecular flexibility index (Phi) is 3.78. The molecular weight excluding hydrogens is 268 g/mol. The summed E-state index contributed by atoms with van der Waals surface area (Å²) in [5, 5.41) is 0. The molecule has 114 valence electrons. The molecule has 0 saturated carbocycles. The van der Waals surface area contributed by atoms with E-state index in [4.69, 9.17) is 0 Å². The minimum atomic E-state index is 0.214. The predicted octanol–water partition coefficient (Wildman–Crippen LogP) is 5.16. The maximum atomic E-state index is 4.56. The third-order valence-electron chi connectivity index (χ3n) is 4.78. The van der Waals surface area contributed by atoms with Gasteiger partial charge in [-0.2, -0.15) is 0 Å². The van der Waals surface area contributed by atoms with Crippen LogP contribution in [0, 0.1) is 0 Å². The van der Waals surface area contributed by atoms with Gasteiger partial charge in [-0.1, -0.05) is 31.2 Å². The van der Waals surface area contributed by atoms with Crippen LogP contribution in [-0.2, 0) is 0 Å². The molecule has 1 aliphatic heterocycles. The molecule has 1 aliphatic rings. The summed E-state index contributed by atoms with van der Waals surface area (Å²) in [6.45, 7) is 6.96. The van der Waals surface area contributed by atoms with Crippen molar-refractivity contribution >= 4 is 17.6 Å². The van der Waals surface area contributed by atoms with Crippen LogP contribution in [0.4, 0.5) is 11.4 Å². The van der Waals surface area contributed by atoms with Crippen molar-refractivity contribution in [2.75, 3.05) is 11.9 Å². The average molecular weight is 292 g/mol. The fraction of sp³-hybridized carbons (Fsp3) is 0.350. The van der Waals surface area contributed by atoms with Gasteiger partial charge >= 0.3 is 0 Å². The lowest BCUT2D eigenvalue weighted by Gasteiger charge is -2.45. The first-order chi connectivity index (χ1) is 10.5. The number of para-hydroxylation sites is 1. The van der Waals surface area contributed by atoms with Gasteiger partial charge in [0.05, 0.1) is 5.69 Å². The SMILES string of the molecule is C[C@H]1CC(C)(C)N(C)c2ccc(C=Nc3ccccc3)cc21. The molecule has 1 heterocycles. The lowest BCUT2D eigenvalue weighted by molar-refractivity contribution is 0.395. The monoisotopic (exact) mass is 292 g/mol. The van der Waals surface area contributed by atoms with E-state index in [0.717, 1.165) is 5.69 Å². The first-order valence-electron chi connectivity index (χ1n) is 7.94. The van der Waals surface area contributed by atoms with Crippen molar-refractivity contribution < 1.29 is 0 Å². The van der Waals surface area contributed by atoms with Crippen molar-refractivity contribution in [2.45, 2.75) is 38.6 Å². The van der Waals surface area contributed by atoms with Gasteiger partial charge in [0.1, 0.15) is 0 Å². The normalized spacial score (nSPS) is 20.2. The number of rotatable bonds is 2. The second kappa shape index (κ2) is 5.60. The molecule has 0 bridgehead atoms. The molecule has 2 aromatic rings. The Hall–Kier alpha value is -2.09. The number of nitrogens with zero attached hydrogens (tertiary/aromatic N) is 2. The van der Waals surface area contributed by atoms with Gasteiger partial charge in [0.25, 0.3) is 0 Å². The van der Waals surface area contributed by atoms with E-state index in [1.54, 1.807) is 0 Å². The third kappa shape index (κ3) is 2.78. The predicted molar refractivity (Wildman–Crippen MR) is 95.7 cm³/mol. The number of aliphatic imine (C=N–C) groups is 1. The summed E-state index contributed by atoms with van der Waals surface area (Å²) < 4.78 is 0. The molecule has 22 heavy (non-hydrogen) atoms. The minimum absolute atomic E-state index is 0.214. The highest BCUT2D eigenvalue weighted by molar-refractivity contribution is 5.83. The maximum absolute atomic E-state index is 4.56. The van der Waals surface area contributed by atoms with E-state index in [9.17, 15) is 0 Å². The molecule has 2 nitrogen and oxygen atoms in total. The highest BCUT2D eigenvalue weighted by atomic mass is 15.2. The Morgan fingerprint density at radius 3 is 2.59 bits per heavy atom. The molecule has 0 radical (unpaired) electrons. The second-order valence-electron chi connectivity index (χ2n) is 6.89. The zero-order valence-electron chi connectivity index (χ0n) is 13.9. The Morgan fingerprint density at radius 1 is 1.14 bits per heavy atom. The van der Waals surface area contributed by atoms with Crippen LogP contribution in [-0.4, -0.2) is 18.8 Å². The summed E-state index contributed by atoms with van der Waals surface area (Å²) in [4.78, 5) is 6.96. The topological polar surface area (TPSA) is 15.6 Å². The van der Waals surface area contributed by atoms with Crippen LogP contribution >= 0.6 is 0 Å². The first kappa shape index (κ1) is 14.8.